The van der Waals surface area contributed by atoms with E-state index in [1.807, 2.05) is 11.9 Å². The lowest BCUT2D eigenvalue weighted by atomic mass is 10.0. The standard InChI is InChI=1S/C12H19N3O2/c1-15(7-10-3-2-4-17-9-10)12-13-5-11(8-16)6-14-12/h5-6,10,16H,2-4,7-9H2,1H3. The monoisotopic (exact) mass is 237 g/mol. The maximum atomic E-state index is 8.92. The van der Waals surface area contributed by atoms with Crippen molar-refractivity contribution in [1.82, 2.24) is 9.97 Å². The third-order valence-corrected chi connectivity index (χ3v) is 3.00. The van der Waals surface area contributed by atoms with Crippen LogP contribution in [0.2, 0.25) is 0 Å². The van der Waals surface area contributed by atoms with Crippen LogP contribution in [0.5, 0.6) is 0 Å². The van der Waals surface area contributed by atoms with Crippen LogP contribution in [-0.2, 0) is 11.3 Å². The number of hydrogen-bond donors (Lipinski definition) is 1. The average molecular weight is 237 g/mol. The van der Waals surface area contributed by atoms with Crippen molar-refractivity contribution in [2.45, 2.75) is 19.4 Å². The molecule has 1 saturated heterocycles. The Kier molecular flexibility index (Phi) is 4.28. The fourth-order valence-corrected chi connectivity index (χ4v) is 2.05. The minimum absolute atomic E-state index is 0.0134. The van der Waals surface area contributed by atoms with Crippen LogP contribution in [0.15, 0.2) is 12.4 Å². The van der Waals surface area contributed by atoms with Gasteiger partial charge in [0.1, 0.15) is 0 Å². The summed E-state index contributed by atoms with van der Waals surface area (Å²) in [6.07, 6.45) is 5.67. The summed E-state index contributed by atoms with van der Waals surface area (Å²) in [6, 6.07) is 0. The minimum atomic E-state index is -0.0134. The third-order valence-electron chi connectivity index (χ3n) is 3.00. The highest BCUT2D eigenvalue weighted by Gasteiger charge is 2.17. The Balaban J connectivity index is 1.91. The van der Waals surface area contributed by atoms with Crippen molar-refractivity contribution in [2.75, 3.05) is 31.7 Å². The van der Waals surface area contributed by atoms with Gasteiger partial charge in [0, 0.05) is 38.2 Å². The number of hydrogen-bond acceptors (Lipinski definition) is 5. The Labute approximate surface area is 101 Å². The molecule has 2 heterocycles. The summed E-state index contributed by atoms with van der Waals surface area (Å²) in [5.41, 5.74) is 0.739. The molecule has 0 saturated carbocycles. The summed E-state index contributed by atoms with van der Waals surface area (Å²) in [5, 5.41) is 8.92. The lowest BCUT2D eigenvalue weighted by molar-refractivity contribution is 0.0575. The predicted octanol–water partition coefficient (Wildman–Crippen LogP) is 0.832. The van der Waals surface area contributed by atoms with Crippen LogP contribution >= 0.6 is 0 Å². The molecule has 1 atom stereocenters. The normalized spacial score (nSPS) is 20.2. The SMILES string of the molecule is CN(CC1CCCOC1)c1ncc(CO)cn1. The highest BCUT2D eigenvalue weighted by molar-refractivity contribution is 5.28. The van der Waals surface area contributed by atoms with Gasteiger partial charge in [-0.2, -0.15) is 0 Å². The van der Waals surface area contributed by atoms with Crippen molar-refractivity contribution in [3.63, 3.8) is 0 Å². The summed E-state index contributed by atoms with van der Waals surface area (Å²) in [7, 11) is 1.99. The highest BCUT2D eigenvalue weighted by Crippen LogP contribution is 2.16. The minimum Gasteiger partial charge on any atom is -0.392 e. The van der Waals surface area contributed by atoms with E-state index in [9.17, 15) is 0 Å². The summed E-state index contributed by atoms with van der Waals surface area (Å²) in [6.45, 7) is 2.62. The van der Waals surface area contributed by atoms with Crippen LogP contribution in [0.25, 0.3) is 0 Å². The van der Waals surface area contributed by atoms with E-state index in [1.54, 1.807) is 12.4 Å². The Hall–Kier alpha value is -1.20. The average Bonchev–Trinajstić information content (AvgIpc) is 2.40. The summed E-state index contributed by atoms with van der Waals surface area (Å²) in [4.78, 5) is 10.5. The molecule has 0 radical (unpaired) electrons. The van der Waals surface area contributed by atoms with E-state index in [2.05, 4.69) is 9.97 Å². The molecule has 1 N–H and O–H groups in total. The van der Waals surface area contributed by atoms with Crippen molar-refractivity contribution >= 4 is 5.95 Å². The molecular formula is C12H19N3O2. The fourth-order valence-electron chi connectivity index (χ4n) is 2.05. The van der Waals surface area contributed by atoms with E-state index >= 15 is 0 Å². The van der Waals surface area contributed by atoms with Gasteiger partial charge in [-0.15, -0.1) is 0 Å². The molecule has 17 heavy (non-hydrogen) atoms. The van der Waals surface area contributed by atoms with Crippen molar-refractivity contribution < 1.29 is 9.84 Å². The van der Waals surface area contributed by atoms with Gasteiger partial charge in [0.15, 0.2) is 0 Å². The van der Waals surface area contributed by atoms with Gasteiger partial charge >= 0.3 is 0 Å². The second kappa shape index (κ2) is 5.93. The summed E-state index contributed by atoms with van der Waals surface area (Å²) < 4.78 is 5.45. The van der Waals surface area contributed by atoms with Gasteiger partial charge in [-0.1, -0.05) is 0 Å². The van der Waals surface area contributed by atoms with Crippen LogP contribution in [0.4, 0.5) is 5.95 Å². The second-order valence-corrected chi connectivity index (χ2v) is 4.51. The molecule has 1 aromatic heterocycles. The third kappa shape index (κ3) is 3.38. The van der Waals surface area contributed by atoms with E-state index < -0.39 is 0 Å². The Bertz CT molecular complexity index is 336. The van der Waals surface area contributed by atoms with Crippen molar-refractivity contribution in [1.29, 1.82) is 0 Å². The van der Waals surface area contributed by atoms with Crippen molar-refractivity contribution in [3.05, 3.63) is 18.0 Å². The van der Waals surface area contributed by atoms with Gasteiger partial charge in [0.05, 0.1) is 13.2 Å². The van der Waals surface area contributed by atoms with E-state index in [0.717, 1.165) is 31.7 Å². The Morgan fingerprint density at radius 2 is 2.24 bits per heavy atom. The van der Waals surface area contributed by atoms with Gasteiger partial charge in [-0.25, -0.2) is 9.97 Å². The van der Waals surface area contributed by atoms with Gasteiger partial charge in [0.2, 0.25) is 5.95 Å². The maximum absolute atomic E-state index is 8.92. The summed E-state index contributed by atoms with van der Waals surface area (Å²) in [5.74, 6) is 1.27. The zero-order chi connectivity index (χ0) is 12.1. The van der Waals surface area contributed by atoms with Crippen LogP contribution in [-0.4, -0.2) is 41.9 Å². The van der Waals surface area contributed by atoms with Crippen LogP contribution in [0.3, 0.4) is 0 Å². The molecule has 1 aliphatic rings. The molecule has 1 aromatic rings. The highest BCUT2D eigenvalue weighted by atomic mass is 16.5. The molecular weight excluding hydrogens is 218 g/mol. The second-order valence-electron chi connectivity index (χ2n) is 4.51. The fraction of sp³-hybridized carbons (Fsp3) is 0.667. The first-order valence-corrected chi connectivity index (χ1v) is 6.00. The van der Waals surface area contributed by atoms with E-state index in [0.29, 0.717) is 11.9 Å². The molecule has 1 unspecified atom stereocenters. The summed E-state index contributed by atoms with van der Waals surface area (Å²) >= 11 is 0. The number of anilines is 1. The number of aliphatic hydroxyl groups is 1. The van der Waals surface area contributed by atoms with Gasteiger partial charge in [-0.05, 0) is 18.8 Å². The molecule has 94 valence electrons. The maximum Gasteiger partial charge on any atom is 0.225 e. The van der Waals surface area contributed by atoms with Crippen LogP contribution in [0, 0.1) is 5.92 Å². The lowest BCUT2D eigenvalue weighted by Gasteiger charge is -2.27. The van der Waals surface area contributed by atoms with Crippen molar-refractivity contribution in [2.24, 2.45) is 5.92 Å². The molecule has 1 fully saturated rings. The molecule has 0 spiro atoms. The number of aliphatic hydroxyl groups excluding tert-OH is 1. The molecule has 5 nitrogen and oxygen atoms in total. The number of rotatable bonds is 4. The first kappa shape index (κ1) is 12.3. The Morgan fingerprint density at radius 3 is 2.82 bits per heavy atom. The number of ether oxygens (including phenoxy) is 1. The topological polar surface area (TPSA) is 58.5 Å². The van der Waals surface area contributed by atoms with E-state index in [-0.39, 0.29) is 6.61 Å². The predicted molar refractivity (Wildman–Crippen MR) is 64.8 cm³/mol. The zero-order valence-electron chi connectivity index (χ0n) is 10.2. The first-order valence-electron chi connectivity index (χ1n) is 6.00. The molecule has 0 amide bonds. The molecule has 2 rings (SSSR count). The zero-order valence-corrected chi connectivity index (χ0v) is 10.2. The van der Waals surface area contributed by atoms with Crippen molar-refractivity contribution in [3.8, 4) is 0 Å². The molecule has 1 aliphatic heterocycles. The molecule has 0 bridgehead atoms. The largest absolute Gasteiger partial charge is 0.392 e. The van der Waals surface area contributed by atoms with Gasteiger partial charge < -0.3 is 14.7 Å². The van der Waals surface area contributed by atoms with Crippen LogP contribution in [0.1, 0.15) is 18.4 Å². The smallest absolute Gasteiger partial charge is 0.225 e. The Morgan fingerprint density at radius 1 is 1.47 bits per heavy atom. The first-order chi connectivity index (χ1) is 8.29. The van der Waals surface area contributed by atoms with E-state index in [1.165, 1.54) is 6.42 Å². The number of nitrogens with zero attached hydrogens (tertiary/aromatic N) is 3. The van der Waals surface area contributed by atoms with Crippen LogP contribution < -0.4 is 4.90 Å². The molecule has 0 aliphatic carbocycles. The number of aromatic nitrogens is 2. The van der Waals surface area contributed by atoms with Gasteiger partial charge in [0.25, 0.3) is 0 Å². The quantitative estimate of drug-likeness (QED) is 0.840. The van der Waals surface area contributed by atoms with Gasteiger partial charge in [-0.3, -0.25) is 0 Å². The molecule has 0 aromatic carbocycles. The lowest BCUT2D eigenvalue weighted by Crippen LogP contribution is -2.31. The molecule has 5 heteroatoms. The van der Waals surface area contributed by atoms with E-state index in [4.69, 9.17) is 9.84 Å².